The molecule has 5 atom stereocenters. The second-order valence-corrected chi connectivity index (χ2v) is 11.6. The van der Waals surface area contributed by atoms with Gasteiger partial charge in [-0.05, 0) is 77.5 Å². The Hall–Kier alpha value is -1.45. The third-order valence-electron chi connectivity index (χ3n) is 6.30. The zero-order chi connectivity index (χ0) is 22.9. The minimum absolute atomic E-state index is 0.0370. The van der Waals surface area contributed by atoms with Gasteiger partial charge < -0.3 is 10.2 Å². The number of carbonyl (C=O) groups is 1. The van der Waals surface area contributed by atoms with Crippen LogP contribution in [0.4, 0.5) is 13.2 Å². The van der Waals surface area contributed by atoms with E-state index in [4.69, 9.17) is 0 Å². The Bertz CT molecular complexity index is 832. The summed E-state index contributed by atoms with van der Waals surface area (Å²) in [6.45, 7) is 5.81. The van der Waals surface area contributed by atoms with Gasteiger partial charge in [0, 0.05) is 24.2 Å². The van der Waals surface area contributed by atoms with Crippen LogP contribution in [0.5, 0.6) is 0 Å². The fourth-order valence-corrected chi connectivity index (χ4v) is 5.68. The summed E-state index contributed by atoms with van der Waals surface area (Å²) in [6, 6.07) is 1.24. The highest BCUT2D eigenvalue weighted by molar-refractivity contribution is 7.84. The molecule has 2 bridgehead atoms. The molecule has 2 N–H and O–H groups in total. The summed E-state index contributed by atoms with van der Waals surface area (Å²) in [4.78, 5) is 14.5. The highest BCUT2D eigenvalue weighted by atomic mass is 32.2. The molecule has 2 aliphatic rings. The maximum Gasteiger partial charge on any atom is 0.237 e. The Morgan fingerprint density at radius 3 is 2.26 bits per heavy atom. The van der Waals surface area contributed by atoms with Crippen molar-refractivity contribution in [1.29, 1.82) is 0 Å². The molecule has 2 aliphatic heterocycles. The summed E-state index contributed by atoms with van der Waals surface area (Å²) < 4.78 is 57.0. The molecule has 2 fully saturated rings. The average Bonchev–Trinajstić information content (AvgIpc) is 2.94. The molecule has 31 heavy (non-hydrogen) atoms. The summed E-state index contributed by atoms with van der Waals surface area (Å²) in [5, 5.41) is 2.91. The number of piperidine rings is 1. The molecule has 0 radical (unpaired) electrons. The predicted molar refractivity (Wildman–Crippen MR) is 115 cm³/mol. The van der Waals surface area contributed by atoms with Crippen molar-refractivity contribution in [2.45, 2.75) is 75.7 Å². The van der Waals surface area contributed by atoms with E-state index in [9.17, 15) is 22.2 Å². The Morgan fingerprint density at radius 2 is 1.71 bits per heavy atom. The maximum absolute atomic E-state index is 14.4. The molecule has 1 unspecified atom stereocenters. The van der Waals surface area contributed by atoms with Crippen molar-refractivity contribution in [3.05, 3.63) is 35.1 Å². The zero-order valence-electron chi connectivity index (χ0n) is 18.5. The number of hydrogen-bond acceptors (Lipinski definition) is 3. The van der Waals surface area contributed by atoms with Crippen LogP contribution in [-0.4, -0.2) is 51.5 Å². The third-order valence-corrected chi connectivity index (χ3v) is 7.93. The molecule has 1 aromatic rings. The average molecular weight is 460 g/mol. The standard InChI is InChI=1S/C22H32F3N3O2S/c1-22(2,3)31(30)27-20(10-13-9-18(24)19(25)11-17(13)23)14-7-15-5-6-16(8-14)28(15)21(29)12-26-4/h9,11,14-16,20,26-27H,5-8,10,12H2,1-4H3/t14?,15-,16+,20-,31+/m1/s1. The van der Waals surface area contributed by atoms with Crippen LogP contribution in [0.3, 0.4) is 0 Å². The first-order valence-electron chi connectivity index (χ1n) is 10.8. The van der Waals surface area contributed by atoms with Crippen molar-refractivity contribution < 1.29 is 22.2 Å². The van der Waals surface area contributed by atoms with Crippen molar-refractivity contribution in [2.24, 2.45) is 5.92 Å². The van der Waals surface area contributed by atoms with Crippen LogP contribution < -0.4 is 10.0 Å². The van der Waals surface area contributed by atoms with Gasteiger partial charge in [0.05, 0.1) is 22.3 Å². The molecule has 2 saturated heterocycles. The Morgan fingerprint density at radius 1 is 1.13 bits per heavy atom. The molecule has 174 valence electrons. The van der Waals surface area contributed by atoms with E-state index >= 15 is 0 Å². The van der Waals surface area contributed by atoms with E-state index in [-0.39, 0.29) is 48.5 Å². The molecule has 2 heterocycles. The van der Waals surface area contributed by atoms with Crippen LogP contribution in [0.1, 0.15) is 52.0 Å². The predicted octanol–water partition coefficient (Wildman–Crippen LogP) is 3.06. The van der Waals surface area contributed by atoms with Crippen molar-refractivity contribution in [3.8, 4) is 0 Å². The van der Waals surface area contributed by atoms with E-state index in [0.717, 1.165) is 18.9 Å². The van der Waals surface area contributed by atoms with Crippen molar-refractivity contribution >= 4 is 16.9 Å². The number of likely N-dealkylation sites (N-methyl/N-ethyl adjacent to an activating group) is 1. The highest BCUT2D eigenvalue weighted by Gasteiger charge is 2.45. The van der Waals surface area contributed by atoms with Gasteiger partial charge in [-0.25, -0.2) is 22.1 Å². The summed E-state index contributed by atoms with van der Waals surface area (Å²) in [5.41, 5.74) is 0.0587. The molecule has 0 aliphatic carbocycles. The lowest BCUT2D eigenvalue weighted by Gasteiger charge is -2.42. The van der Waals surface area contributed by atoms with E-state index in [1.807, 2.05) is 25.7 Å². The third kappa shape index (κ3) is 5.49. The first-order valence-corrected chi connectivity index (χ1v) is 11.9. The number of rotatable bonds is 7. The monoisotopic (exact) mass is 459 g/mol. The van der Waals surface area contributed by atoms with Crippen LogP contribution in [0.25, 0.3) is 0 Å². The van der Waals surface area contributed by atoms with Crippen LogP contribution in [0.2, 0.25) is 0 Å². The zero-order valence-corrected chi connectivity index (χ0v) is 19.3. The number of halogens is 3. The lowest BCUT2D eigenvalue weighted by atomic mass is 9.82. The number of carbonyl (C=O) groups excluding carboxylic acids is 1. The van der Waals surface area contributed by atoms with E-state index < -0.39 is 33.2 Å². The van der Waals surface area contributed by atoms with Gasteiger partial charge in [-0.15, -0.1) is 0 Å². The SMILES string of the molecule is CNCC(=O)N1[C@@H]2CC[C@H]1CC([C@@H](Cc1cc(F)c(F)cc1F)N[S@@](=O)C(C)(C)C)C2. The first kappa shape index (κ1) is 24.2. The lowest BCUT2D eigenvalue weighted by molar-refractivity contribution is -0.135. The van der Waals surface area contributed by atoms with Crippen molar-refractivity contribution in [3.63, 3.8) is 0 Å². The number of nitrogens with one attached hydrogen (secondary N) is 2. The molecule has 0 aromatic heterocycles. The van der Waals surface area contributed by atoms with Crippen LogP contribution in [0, 0.1) is 23.4 Å². The molecule has 0 spiro atoms. The van der Waals surface area contributed by atoms with E-state index in [0.29, 0.717) is 18.9 Å². The molecule has 3 rings (SSSR count). The highest BCUT2D eigenvalue weighted by Crippen LogP contribution is 2.41. The summed E-state index contributed by atoms with van der Waals surface area (Å²) >= 11 is 0. The molecular weight excluding hydrogens is 427 g/mol. The Kier molecular flexibility index (Phi) is 7.48. The van der Waals surface area contributed by atoms with Gasteiger partial charge in [0.15, 0.2) is 11.6 Å². The van der Waals surface area contributed by atoms with Crippen molar-refractivity contribution in [2.75, 3.05) is 13.6 Å². The minimum Gasteiger partial charge on any atom is -0.336 e. The molecule has 0 saturated carbocycles. The summed E-state index contributed by atoms with van der Waals surface area (Å²) in [7, 11) is 0.328. The molecule has 9 heteroatoms. The van der Waals surface area contributed by atoms with Gasteiger partial charge in [0.25, 0.3) is 0 Å². The number of nitrogens with zero attached hydrogens (tertiary/aromatic N) is 1. The minimum atomic E-state index is -1.41. The molecule has 1 amide bonds. The number of fused-ring (bicyclic) bond motifs is 2. The number of amides is 1. The normalized spacial score (nSPS) is 25.5. The van der Waals surface area contributed by atoms with Gasteiger partial charge in [0.1, 0.15) is 5.82 Å². The topological polar surface area (TPSA) is 61.4 Å². The van der Waals surface area contributed by atoms with Gasteiger partial charge in [-0.2, -0.15) is 0 Å². The van der Waals surface area contributed by atoms with Gasteiger partial charge in [-0.3, -0.25) is 4.79 Å². The van der Waals surface area contributed by atoms with E-state index in [1.54, 1.807) is 7.05 Å². The Labute approximate surface area is 184 Å². The summed E-state index contributed by atoms with van der Waals surface area (Å²) in [5.74, 6) is -3.02. The van der Waals surface area contributed by atoms with Gasteiger partial charge >= 0.3 is 0 Å². The molecule has 5 nitrogen and oxygen atoms in total. The van der Waals surface area contributed by atoms with Crippen molar-refractivity contribution in [1.82, 2.24) is 14.9 Å². The Balaban J connectivity index is 1.83. The van der Waals surface area contributed by atoms with E-state index in [2.05, 4.69) is 10.0 Å². The quantitative estimate of drug-likeness (QED) is 0.616. The molecule has 1 aromatic carbocycles. The fraction of sp³-hybridized carbons (Fsp3) is 0.682. The smallest absolute Gasteiger partial charge is 0.237 e. The first-order chi connectivity index (χ1) is 14.5. The lowest BCUT2D eigenvalue weighted by Crippen LogP contribution is -2.54. The van der Waals surface area contributed by atoms with E-state index in [1.165, 1.54) is 0 Å². The van der Waals surface area contributed by atoms with Gasteiger partial charge in [-0.1, -0.05) is 0 Å². The number of hydrogen-bond donors (Lipinski definition) is 2. The fourth-order valence-electron chi connectivity index (χ4n) is 4.77. The molecular formula is C22H32F3N3O2S. The largest absolute Gasteiger partial charge is 0.336 e. The summed E-state index contributed by atoms with van der Waals surface area (Å²) in [6.07, 6.45) is 3.32. The van der Waals surface area contributed by atoms with Gasteiger partial charge in [0.2, 0.25) is 5.91 Å². The van der Waals surface area contributed by atoms with Crippen LogP contribution >= 0.6 is 0 Å². The maximum atomic E-state index is 14.4. The van der Waals surface area contributed by atoms with Crippen LogP contribution in [-0.2, 0) is 22.2 Å². The number of benzene rings is 1. The van der Waals surface area contributed by atoms with Crippen LogP contribution in [0.15, 0.2) is 12.1 Å². The second-order valence-electron chi connectivity index (χ2n) is 9.62. The second kappa shape index (κ2) is 9.58.